The summed E-state index contributed by atoms with van der Waals surface area (Å²) >= 11 is 0. The molecule has 0 saturated heterocycles. The number of nitrogens with zero attached hydrogens (tertiary/aromatic N) is 1. The van der Waals surface area contributed by atoms with Crippen LogP contribution in [0.1, 0.15) is 17.3 Å². The highest BCUT2D eigenvalue weighted by Crippen LogP contribution is 2.24. The Kier molecular flexibility index (Phi) is 6.26. The molecule has 1 rings (SSSR count). The van der Waals surface area contributed by atoms with E-state index >= 15 is 0 Å². The van der Waals surface area contributed by atoms with Gasteiger partial charge in [-0.3, -0.25) is 9.59 Å². The Morgan fingerprint density at radius 2 is 2.14 bits per heavy atom. The third kappa shape index (κ3) is 4.52. The van der Waals surface area contributed by atoms with Gasteiger partial charge in [-0.1, -0.05) is 6.08 Å². The summed E-state index contributed by atoms with van der Waals surface area (Å²) in [5.41, 5.74) is 0.0560. The van der Waals surface area contributed by atoms with Gasteiger partial charge in [-0.05, 0) is 25.1 Å². The predicted molar refractivity (Wildman–Crippen MR) is 77.4 cm³/mol. The van der Waals surface area contributed by atoms with Crippen LogP contribution >= 0.6 is 0 Å². The highest BCUT2D eigenvalue weighted by Gasteiger charge is 2.21. The summed E-state index contributed by atoms with van der Waals surface area (Å²) in [6.45, 7) is 5.42. The number of benzene rings is 1. The van der Waals surface area contributed by atoms with Gasteiger partial charge in [-0.2, -0.15) is 0 Å². The van der Waals surface area contributed by atoms with Crippen LogP contribution < -0.4 is 4.74 Å². The Balaban J connectivity index is 2.99. The van der Waals surface area contributed by atoms with Gasteiger partial charge in [0.05, 0.1) is 19.3 Å². The predicted octanol–water partition coefficient (Wildman–Crippen LogP) is 1.59. The van der Waals surface area contributed by atoms with Crippen molar-refractivity contribution in [1.29, 1.82) is 0 Å². The summed E-state index contributed by atoms with van der Waals surface area (Å²) in [5.74, 6) is -0.765. The fraction of sp³-hybridized carbons (Fsp3) is 0.333. The quantitative estimate of drug-likeness (QED) is 0.610. The Morgan fingerprint density at radius 1 is 1.43 bits per heavy atom. The van der Waals surface area contributed by atoms with Crippen LogP contribution in [-0.2, 0) is 9.53 Å². The van der Waals surface area contributed by atoms with Gasteiger partial charge >= 0.3 is 5.97 Å². The lowest BCUT2D eigenvalue weighted by Gasteiger charge is -2.20. The van der Waals surface area contributed by atoms with Crippen LogP contribution in [0.15, 0.2) is 30.9 Å². The summed E-state index contributed by atoms with van der Waals surface area (Å²) in [6.07, 6.45) is 1.49. The van der Waals surface area contributed by atoms with Gasteiger partial charge < -0.3 is 19.5 Å². The van der Waals surface area contributed by atoms with E-state index in [0.717, 1.165) is 0 Å². The summed E-state index contributed by atoms with van der Waals surface area (Å²) in [6, 6.07) is 4.32. The molecular formula is C15H19NO5. The molecule has 0 fully saturated rings. The average Bonchev–Trinajstić information content (AvgIpc) is 2.47. The van der Waals surface area contributed by atoms with Gasteiger partial charge in [0, 0.05) is 6.54 Å². The molecule has 6 nitrogen and oxygen atoms in total. The number of phenolic OH excluding ortho intramolecular Hbond substituents is 1. The van der Waals surface area contributed by atoms with E-state index in [4.69, 9.17) is 9.47 Å². The minimum absolute atomic E-state index is 0.0560. The Hall–Kier alpha value is -2.50. The van der Waals surface area contributed by atoms with Gasteiger partial charge in [0.1, 0.15) is 18.0 Å². The second-order valence-electron chi connectivity index (χ2n) is 4.16. The molecule has 0 saturated carbocycles. The zero-order chi connectivity index (χ0) is 15.8. The van der Waals surface area contributed by atoms with E-state index in [-0.39, 0.29) is 31.0 Å². The monoisotopic (exact) mass is 293 g/mol. The highest BCUT2D eigenvalue weighted by atomic mass is 16.5. The SMILES string of the molecule is C=CCN(CC(=O)OCC)C(=O)c1cc(OC)ccc1O. The van der Waals surface area contributed by atoms with Crippen LogP contribution in [0.2, 0.25) is 0 Å². The lowest BCUT2D eigenvalue weighted by Crippen LogP contribution is -2.36. The number of phenols is 1. The van der Waals surface area contributed by atoms with Crippen LogP contribution in [0.4, 0.5) is 0 Å². The smallest absolute Gasteiger partial charge is 0.325 e. The van der Waals surface area contributed by atoms with Crippen molar-refractivity contribution in [3.05, 3.63) is 36.4 Å². The molecule has 0 aliphatic rings. The zero-order valence-corrected chi connectivity index (χ0v) is 12.2. The number of ether oxygens (including phenoxy) is 2. The second kappa shape index (κ2) is 7.94. The van der Waals surface area contributed by atoms with Crippen molar-refractivity contribution >= 4 is 11.9 Å². The van der Waals surface area contributed by atoms with Gasteiger partial charge in [0.15, 0.2) is 0 Å². The molecule has 114 valence electrons. The molecule has 0 unspecified atom stereocenters. The summed E-state index contributed by atoms with van der Waals surface area (Å²) in [5, 5.41) is 9.81. The molecule has 1 N–H and O–H groups in total. The van der Waals surface area contributed by atoms with Crippen LogP contribution in [0.25, 0.3) is 0 Å². The van der Waals surface area contributed by atoms with Crippen LogP contribution in [-0.4, -0.2) is 48.7 Å². The van der Waals surface area contributed by atoms with E-state index in [1.165, 1.54) is 36.3 Å². The van der Waals surface area contributed by atoms with Crippen LogP contribution in [0.5, 0.6) is 11.5 Å². The van der Waals surface area contributed by atoms with Gasteiger partial charge in [0.25, 0.3) is 5.91 Å². The van der Waals surface area contributed by atoms with E-state index in [1.807, 2.05) is 0 Å². The maximum absolute atomic E-state index is 12.4. The summed E-state index contributed by atoms with van der Waals surface area (Å²) in [7, 11) is 1.46. The molecule has 0 spiro atoms. The van der Waals surface area contributed by atoms with Gasteiger partial charge in [-0.15, -0.1) is 6.58 Å². The van der Waals surface area contributed by atoms with Crippen molar-refractivity contribution in [2.75, 3.05) is 26.8 Å². The number of aromatic hydroxyl groups is 1. The molecule has 1 aromatic carbocycles. The molecule has 0 aliphatic carbocycles. The first-order valence-corrected chi connectivity index (χ1v) is 6.46. The van der Waals surface area contributed by atoms with E-state index < -0.39 is 11.9 Å². The van der Waals surface area contributed by atoms with Crippen molar-refractivity contribution in [2.45, 2.75) is 6.92 Å². The second-order valence-corrected chi connectivity index (χ2v) is 4.16. The largest absolute Gasteiger partial charge is 0.507 e. The Labute approximate surface area is 123 Å². The number of methoxy groups -OCH3 is 1. The van der Waals surface area contributed by atoms with Crippen LogP contribution in [0, 0.1) is 0 Å². The standard InChI is InChI=1S/C15H19NO5/c1-4-8-16(10-14(18)21-5-2)15(19)12-9-11(20-3)6-7-13(12)17/h4,6-7,9,17H,1,5,8,10H2,2-3H3. The molecule has 0 heterocycles. The van der Waals surface area contributed by atoms with E-state index in [9.17, 15) is 14.7 Å². The van der Waals surface area contributed by atoms with Crippen molar-refractivity contribution in [1.82, 2.24) is 4.90 Å². The molecule has 21 heavy (non-hydrogen) atoms. The molecule has 0 radical (unpaired) electrons. The topological polar surface area (TPSA) is 76.1 Å². The molecule has 1 aromatic rings. The molecule has 1 amide bonds. The van der Waals surface area contributed by atoms with Crippen molar-refractivity contribution in [3.8, 4) is 11.5 Å². The molecule has 0 atom stereocenters. The summed E-state index contributed by atoms with van der Waals surface area (Å²) < 4.78 is 9.85. The van der Waals surface area contributed by atoms with Crippen LogP contribution in [0.3, 0.4) is 0 Å². The number of hydrogen-bond acceptors (Lipinski definition) is 5. The third-order valence-corrected chi connectivity index (χ3v) is 2.70. The Morgan fingerprint density at radius 3 is 2.71 bits per heavy atom. The number of esters is 1. The number of hydrogen-bond donors (Lipinski definition) is 1. The third-order valence-electron chi connectivity index (χ3n) is 2.70. The number of carbonyl (C=O) groups excluding carboxylic acids is 2. The first-order chi connectivity index (χ1) is 10.0. The maximum Gasteiger partial charge on any atom is 0.325 e. The lowest BCUT2D eigenvalue weighted by atomic mass is 10.1. The highest BCUT2D eigenvalue weighted by molar-refractivity contribution is 5.98. The number of amides is 1. The first-order valence-electron chi connectivity index (χ1n) is 6.46. The minimum Gasteiger partial charge on any atom is -0.507 e. The normalized spacial score (nSPS) is 9.81. The lowest BCUT2D eigenvalue weighted by molar-refractivity contribution is -0.143. The van der Waals surface area contributed by atoms with E-state index in [2.05, 4.69) is 6.58 Å². The number of rotatable bonds is 7. The zero-order valence-electron chi connectivity index (χ0n) is 12.2. The molecular weight excluding hydrogens is 274 g/mol. The average molecular weight is 293 g/mol. The number of carbonyl (C=O) groups is 2. The van der Waals surface area contributed by atoms with E-state index in [0.29, 0.717) is 5.75 Å². The summed E-state index contributed by atoms with van der Waals surface area (Å²) in [4.78, 5) is 25.2. The first kappa shape index (κ1) is 16.6. The molecule has 6 heteroatoms. The van der Waals surface area contributed by atoms with Crippen molar-refractivity contribution in [2.24, 2.45) is 0 Å². The Bertz CT molecular complexity index is 527. The fourth-order valence-electron chi connectivity index (χ4n) is 1.72. The maximum atomic E-state index is 12.4. The van der Waals surface area contributed by atoms with E-state index in [1.54, 1.807) is 6.92 Å². The molecule has 0 bridgehead atoms. The van der Waals surface area contributed by atoms with Crippen molar-refractivity contribution in [3.63, 3.8) is 0 Å². The van der Waals surface area contributed by atoms with Crippen molar-refractivity contribution < 1.29 is 24.2 Å². The fourth-order valence-corrected chi connectivity index (χ4v) is 1.72. The van der Waals surface area contributed by atoms with Gasteiger partial charge in [-0.25, -0.2) is 0 Å². The molecule has 0 aromatic heterocycles. The molecule has 0 aliphatic heterocycles. The van der Waals surface area contributed by atoms with Gasteiger partial charge in [0.2, 0.25) is 0 Å². The minimum atomic E-state index is -0.518.